The Bertz CT molecular complexity index is 923. The summed E-state index contributed by atoms with van der Waals surface area (Å²) in [5.41, 5.74) is 4.38. The molecule has 1 aliphatic rings. The van der Waals surface area contributed by atoms with Gasteiger partial charge >= 0.3 is 0 Å². The Hall–Kier alpha value is -2.56. The summed E-state index contributed by atoms with van der Waals surface area (Å²) in [6.07, 6.45) is 7.09. The zero-order chi connectivity index (χ0) is 18.1. The van der Waals surface area contributed by atoms with Crippen molar-refractivity contribution in [2.45, 2.75) is 39.7 Å². The van der Waals surface area contributed by atoms with Gasteiger partial charge in [0.2, 0.25) is 0 Å². The first-order chi connectivity index (χ1) is 12.7. The van der Waals surface area contributed by atoms with Crippen LogP contribution in [0.1, 0.15) is 41.4 Å². The number of aromatic amines is 1. The lowest BCUT2D eigenvalue weighted by molar-refractivity contribution is 0.0674. The molecule has 0 aliphatic carbocycles. The highest BCUT2D eigenvalue weighted by molar-refractivity contribution is 6.07. The zero-order valence-electron chi connectivity index (χ0n) is 15.5. The molecular formula is C21H26N4O. The topological polar surface area (TPSA) is 53.9 Å². The van der Waals surface area contributed by atoms with Gasteiger partial charge in [0.15, 0.2) is 0 Å². The van der Waals surface area contributed by atoms with Gasteiger partial charge in [-0.05, 0) is 50.7 Å². The number of likely N-dealkylation sites (tertiary alicyclic amines) is 1. The molecule has 1 unspecified atom stereocenters. The van der Waals surface area contributed by atoms with E-state index in [-0.39, 0.29) is 5.91 Å². The van der Waals surface area contributed by atoms with Crippen LogP contribution in [-0.2, 0) is 13.0 Å². The Morgan fingerprint density at radius 3 is 2.96 bits per heavy atom. The first kappa shape index (κ1) is 16.9. The fraction of sp³-hybridized carbons (Fsp3) is 0.429. The normalized spacial score (nSPS) is 17.8. The predicted molar refractivity (Wildman–Crippen MR) is 103 cm³/mol. The summed E-state index contributed by atoms with van der Waals surface area (Å²) in [6.45, 7) is 6.75. The predicted octanol–water partition coefficient (Wildman–Crippen LogP) is 3.79. The van der Waals surface area contributed by atoms with Crippen LogP contribution in [0, 0.1) is 12.8 Å². The number of aryl methyl sites for hydroxylation is 2. The molecule has 0 spiro atoms. The number of rotatable bonds is 4. The Kier molecular flexibility index (Phi) is 4.53. The molecule has 1 amide bonds. The number of amides is 1. The van der Waals surface area contributed by atoms with Crippen molar-refractivity contribution in [3.8, 4) is 0 Å². The highest BCUT2D eigenvalue weighted by Crippen LogP contribution is 2.26. The van der Waals surface area contributed by atoms with Crippen molar-refractivity contribution in [2.24, 2.45) is 5.92 Å². The van der Waals surface area contributed by atoms with Crippen molar-refractivity contribution in [3.05, 3.63) is 53.5 Å². The number of nitrogens with one attached hydrogen (secondary N) is 1. The Morgan fingerprint density at radius 1 is 1.35 bits per heavy atom. The van der Waals surface area contributed by atoms with Crippen LogP contribution in [0.25, 0.3) is 10.9 Å². The maximum absolute atomic E-state index is 13.3. The first-order valence-electron chi connectivity index (χ1n) is 9.53. The number of fused-ring (bicyclic) bond motifs is 1. The molecule has 1 aliphatic heterocycles. The summed E-state index contributed by atoms with van der Waals surface area (Å²) in [4.78, 5) is 15.3. The molecule has 1 saturated heterocycles. The monoisotopic (exact) mass is 350 g/mol. The van der Waals surface area contributed by atoms with Crippen LogP contribution in [0.5, 0.6) is 0 Å². The number of nitrogens with zero attached hydrogens (tertiary/aromatic N) is 3. The van der Waals surface area contributed by atoms with Crippen molar-refractivity contribution >= 4 is 16.8 Å². The Labute approximate surface area is 154 Å². The number of aromatic nitrogens is 3. The molecule has 5 heteroatoms. The second-order valence-corrected chi connectivity index (χ2v) is 7.34. The van der Waals surface area contributed by atoms with E-state index in [1.54, 1.807) is 0 Å². The van der Waals surface area contributed by atoms with Gasteiger partial charge in [-0.2, -0.15) is 5.10 Å². The number of H-pyrrole nitrogens is 1. The van der Waals surface area contributed by atoms with Crippen LogP contribution >= 0.6 is 0 Å². The molecule has 26 heavy (non-hydrogen) atoms. The number of carbonyl (C=O) groups is 1. The number of carbonyl (C=O) groups excluding carboxylic acids is 1. The van der Waals surface area contributed by atoms with E-state index in [1.807, 2.05) is 29.4 Å². The van der Waals surface area contributed by atoms with Gasteiger partial charge in [0.25, 0.3) is 5.91 Å². The van der Waals surface area contributed by atoms with E-state index in [4.69, 9.17) is 0 Å². The third-order valence-electron chi connectivity index (χ3n) is 5.59. The van der Waals surface area contributed by atoms with Gasteiger partial charge in [-0.1, -0.05) is 18.2 Å². The second-order valence-electron chi connectivity index (χ2n) is 7.34. The summed E-state index contributed by atoms with van der Waals surface area (Å²) in [5, 5.41) is 8.29. The molecule has 4 rings (SSSR count). The molecular weight excluding hydrogens is 324 g/mol. The molecule has 136 valence electrons. The summed E-state index contributed by atoms with van der Waals surface area (Å²) < 4.78 is 2.16. The molecule has 0 bridgehead atoms. The molecule has 3 aromatic rings. The smallest absolute Gasteiger partial charge is 0.256 e. The summed E-state index contributed by atoms with van der Waals surface area (Å²) in [6, 6.07) is 8.20. The van der Waals surface area contributed by atoms with Gasteiger partial charge < -0.3 is 9.47 Å². The van der Waals surface area contributed by atoms with Crippen molar-refractivity contribution < 1.29 is 4.79 Å². The van der Waals surface area contributed by atoms with E-state index in [1.165, 1.54) is 17.7 Å². The Morgan fingerprint density at radius 2 is 2.19 bits per heavy atom. The SMILES string of the molecule is CCn1cc(C(=O)N2CCCC(Cc3[nH]ncc3C)C2)c2ccccc21. The van der Waals surface area contributed by atoms with E-state index in [0.717, 1.165) is 48.9 Å². The molecule has 1 aromatic carbocycles. The van der Waals surface area contributed by atoms with Gasteiger partial charge in [0.05, 0.1) is 11.8 Å². The van der Waals surface area contributed by atoms with Crippen LogP contribution in [0.15, 0.2) is 36.7 Å². The number of piperidine rings is 1. The van der Waals surface area contributed by atoms with E-state index in [0.29, 0.717) is 5.92 Å². The van der Waals surface area contributed by atoms with Gasteiger partial charge in [0.1, 0.15) is 0 Å². The largest absolute Gasteiger partial charge is 0.347 e. The average Bonchev–Trinajstić information content (AvgIpc) is 3.25. The van der Waals surface area contributed by atoms with Crippen LogP contribution in [-0.4, -0.2) is 38.7 Å². The maximum Gasteiger partial charge on any atom is 0.256 e. The molecule has 3 heterocycles. The Balaban J connectivity index is 1.55. The van der Waals surface area contributed by atoms with Crippen LogP contribution < -0.4 is 0 Å². The summed E-state index contributed by atoms with van der Waals surface area (Å²) in [7, 11) is 0. The molecule has 1 atom stereocenters. The van der Waals surface area contributed by atoms with Crippen molar-refractivity contribution in [1.29, 1.82) is 0 Å². The van der Waals surface area contributed by atoms with E-state index >= 15 is 0 Å². The fourth-order valence-corrected chi connectivity index (χ4v) is 4.13. The first-order valence-corrected chi connectivity index (χ1v) is 9.53. The van der Waals surface area contributed by atoms with Crippen LogP contribution in [0.4, 0.5) is 0 Å². The van der Waals surface area contributed by atoms with Crippen LogP contribution in [0.2, 0.25) is 0 Å². The lowest BCUT2D eigenvalue weighted by atomic mass is 9.92. The van der Waals surface area contributed by atoms with Gasteiger partial charge in [-0.3, -0.25) is 9.89 Å². The van der Waals surface area contributed by atoms with Crippen molar-refractivity contribution in [3.63, 3.8) is 0 Å². The highest BCUT2D eigenvalue weighted by Gasteiger charge is 2.27. The van der Waals surface area contributed by atoms with E-state index in [2.05, 4.69) is 40.7 Å². The number of benzene rings is 1. The number of para-hydroxylation sites is 1. The van der Waals surface area contributed by atoms with Crippen molar-refractivity contribution in [2.75, 3.05) is 13.1 Å². The molecule has 0 saturated carbocycles. The van der Waals surface area contributed by atoms with Gasteiger partial charge in [0, 0.05) is 42.4 Å². The average molecular weight is 350 g/mol. The minimum Gasteiger partial charge on any atom is -0.347 e. The highest BCUT2D eigenvalue weighted by atomic mass is 16.2. The standard InChI is InChI=1S/C21H26N4O/c1-3-24-14-18(17-8-4-5-9-20(17)24)21(26)25-10-6-7-16(13-25)11-19-15(2)12-22-23-19/h4-5,8-9,12,14,16H,3,6-7,10-11,13H2,1-2H3,(H,22,23). The summed E-state index contributed by atoms with van der Waals surface area (Å²) in [5.74, 6) is 0.658. The second kappa shape index (κ2) is 6.98. The lowest BCUT2D eigenvalue weighted by Gasteiger charge is -2.32. The summed E-state index contributed by atoms with van der Waals surface area (Å²) >= 11 is 0. The molecule has 5 nitrogen and oxygen atoms in total. The quantitative estimate of drug-likeness (QED) is 0.778. The van der Waals surface area contributed by atoms with E-state index < -0.39 is 0 Å². The number of hydrogen-bond donors (Lipinski definition) is 1. The van der Waals surface area contributed by atoms with Gasteiger partial charge in [-0.15, -0.1) is 0 Å². The van der Waals surface area contributed by atoms with Crippen molar-refractivity contribution in [1.82, 2.24) is 19.7 Å². The third-order valence-corrected chi connectivity index (χ3v) is 5.59. The maximum atomic E-state index is 13.3. The molecule has 1 fully saturated rings. The third kappa shape index (κ3) is 3.02. The lowest BCUT2D eigenvalue weighted by Crippen LogP contribution is -2.40. The van der Waals surface area contributed by atoms with E-state index in [9.17, 15) is 4.79 Å². The van der Waals surface area contributed by atoms with Gasteiger partial charge in [-0.25, -0.2) is 0 Å². The molecule has 0 radical (unpaired) electrons. The zero-order valence-corrected chi connectivity index (χ0v) is 15.5. The van der Waals surface area contributed by atoms with Crippen LogP contribution in [0.3, 0.4) is 0 Å². The molecule has 2 aromatic heterocycles. The number of hydrogen-bond acceptors (Lipinski definition) is 2. The minimum atomic E-state index is 0.166. The minimum absolute atomic E-state index is 0.166. The molecule has 1 N–H and O–H groups in total. The fourth-order valence-electron chi connectivity index (χ4n) is 4.13.